The molecule has 0 spiro atoms. The van der Waals surface area contributed by atoms with Gasteiger partial charge in [-0.2, -0.15) is 0 Å². The van der Waals surface area contributed by atoms with E-state index in [1.807, 2.05) is 17.5 Å². The molecule has 0 aliphatic rings. The van der Waals surface area contributed by atoms with Crippen molar-refractivity contribution in [1.82, 2.24) is 5.32 Å². The van der Waals surface area contributed by atoms with Gasteiger partial charge >= 0.3 is 0 Å². The van der Waals surface area contributed by atoms with E-state index in [9.17, 15) is 13.6 Å². The molecule has 2 rings (SSSR count). The smallest absolute Gasteiger partial charge is 0.230 e. The summed E-state index contributed by atoms with van der Waals surface area (Å²) >= 11 is 2.54. The number of amides is 1. The van der Waals surface area contributed by atoms with E-state index in [2.05, 4.69) is 5.32 Å². The summed E-state index contributed by atoms with van der Waals surface area (Å²) < 4.78 is 26.2. The zero-order chi connectivity index (χ0) is 13.7. The molecule has 1 N–H and O–H groups in total. The molecule has 0 aliphatic carbocycles. The van der Waals surface area contributed by atoms with E-state index in [0.717, 1.165) is 34.8 Å². The average molecular weight is 299 g/mol. The zero-order valence-corrected chi connectivity index (χ0v) is 11.5. The van der Waals surface area contributed by atoms with Crippen LogP contribution < -0.4 is 5.32 Å². The molecular formula is C13H11F2NOS2. The molecular weight excluding hydrogens is 288 g/mol. The summed E-state index contributed by atoms with van der Waals surface area (Å²) in [5, 5.41) is 4.65. The van der Waals surface area contributed by atoms with Crippen molar-refractivity contribution in [2.75, 3.05) is 5.75 Å². The Morgan fingerprint density at radius 1 is 1.32 bits per heavy atom. The molecule has 0 aliphatic heterocycles. The summed E-state index contributed by atoms with van der Waals surface area (Å²) in [6, 6.07) is 7.03. The van der Waals surface area contributed by atoms with Crippen LogP contribution in [0.5, 0.6) is 0 Å². The number of hydrogen-bond acceptors (Lipinski definition) is 3. The van der Waals surface area contributed by atoms with Gasteiger partial charge in [0.2, 0.25) is 5.91 Å². The SMILES string of the molecule is O=C(CSc1cc(F)ccc1F)NCc1cccs1. The second kappa shape index (κ2) is 6.68. The summed E-state index contributed by atoms with van der Waals surface area (Å²) in [5.41, 5.74) is 0. The van der Waals surface area contributed by atoms with Gasteiger partial charge in [0.05, 0.1) is 12.3 Å². The largest absolute Gasteiger partial charge is 0.350 e. The van der Waals surface area contributed by atoms with E-state index < -0.39 is 11.6 Å². The van der Waals surface area contributed by atoms with Crippen LogP contribution in [0.4, 0.5) is 8.78 Å². The van der Waals surface area contributed by atoms with Crippen LogP contribution in [0.1, 0.15) is 4.88 Å². The minimum absolute atomic E-state index is 0.0613. The van der Waals surface area contributed by atoms with E-state index in [4.69, 9.17) is 0 Å². The standard InChI is InChI=1S/C13H11F2NOS2/c14-9-3-4-11(15)12(6-9)19-8-13(17)16-7-10-2-1-5-18-10/h1-6H,7-8H2,(H,16,17). The Labute approximate surface area is 117 Å². The van der Waals surface area contributed by atoms with Crippen LogP contribution in [-0.2, 0) is 11.3 Å². The van der Waals surface area contributed by atoms with Crippen molar-refractivity contribution in [3.05, 3.63) is 52.2 Å². The summed E-state index contributed by atoms with van der Waals surface area (Å²) in [4.78, 5) is 12.8. The van der Waals surface area contributed by atoms with Gasteiger partial charge in [0.1, 0.15) is 11.6 Å². The molecule has 19 heavy (non-hydrogen) atoms. The fourth-order valence-electron chi connectivity index (χ4n) is 1.38. The van der Waals surface area contributed by atoms with Gasteiger partial charge in [-0.1, -0.05) is 6.07 Å². The monoisotopic (exact) mass is 299 g/mol. The molecule has 100 valence electrons. The number of benzene rings is 1. The predicted octanol–water partition coefficient (Wildman–Crippen LogP) is 3.43. The zero-order valence-electron chi connectivity index (χ0n) is 9.86. The molecule has 0 bridgehead atoms. The molecule has 1 amide bonds. The first-order valence-corrected chi connectivity index (χ1v) is 7.38. The molecule has 1 heterocycles. The maximum atomic E-state index is 13.3. The number of thiophene rings is 1. The van der Waals surface area contributed by atoms with Gasteiger partial charge in [0, 0.05) is 9.77 Å². The normalized spacial score (nSPS) is 10.4. The Morgan fingerprint density at radius 2 is 2.16 bits per heavy atom. The molecule has 1 aromatic carbocycles. The van der Waals surface area contributed by atoms with Crippen LogP contribution in [0, 0.1) is 11.6 Å². The molecule has 0 saturated carbocycles. The van der Waals surface area contributed by atoms with Gasteiger partial charge in [0.15, 0.2) is 0 Å². The second-order valence-electron chi connectivity index (χ2n) is 3.72. The van der Waals surface area contributed by atoms with Crippen molar-refractivity contribution in [2.24, 2.45) is 0 Å². The molecule has 0 fully saturated rings. The number of carbonyl (C=O) groups excluding carboxylic acids is 1. The lowest BCUT2D eigenvalue weighted by atomic mass is 10.3. The van der Waals surface area contributed by atoms with Crippen molar-refractivity contribution in [3.63, 3.8) is 0 Å². The van der Waals surface area contributed by atoms with Gasteiger partial charge in [-0.15, -0.1) is 23.1 Å². The van der Waals surface area contributed by atoms with E-state index in [1.54, 1.807) is 11.3 Å². The van der Waals surface area contributed by atoms with Crippen molar-refractivity contribution < 1.29 is 13.6 Å². The van der Waals surface area contributed by atoms with E-state index >= 15 is 0 Å². The Kier molecular flexibility index (Phi) is 4.93. The Bertz CT molecular complexity index is 558. The maximum absolute atomic E-state index is 13.3. The lowest BCUT2D eigenvalue weighted by molar-refractivity contribution is -0.118. The van der Waals surface area contributed by atoms with Crippen LogP contribution in [0.3, 0.4) is 0 Å². The Hall–Kier alpha value is -1.40. The molecule has 0 radical (unpaired) electrons. The molecule has 2 nitrogen and oxygen atoms in total. The third kappa shape index (κ3) is 4.33. The summed E-state index contributed by atoms with van der Waals surface area (Å²) in [6.07, 6.45) is 0. The maximum Gasteiger partial charge on any atom is 0.230 e. The number of rotatable bonds is 5. The van der Waals surface area contributed by atoms with Gasteiger partial charge < -0.3 is 5.32 Å². The van der Waals surface area contributed by atoms with Crippen LogP contribution >= 0.6 is 23.1 Å². The first kappa shape index (κ1) is 14.0. The fourth-order valence-corrected chi connectivity index (χ4v) is 2.82. The number of thioether (sulfide) groups is 1. The summed E-state index contributed by atoms with van der Waals surface area (Å²) in [6.45, 7) is 0.461. The lowest BCUT2D eigenvalue weighted by Gasteiger charge is -2.05. The number of nitrogens with one attached hydrogen (secondary N) is 1. The van der Waals surface area contributed by atoms with Crippen LogP contribution in [0.15, 0.2) is 40.6 Å². The molecule has 0 saturated heterocycles. The van der Waals surface area contributed by atoms with Crippen molar-refractivity contribution in [3.8, 4) is 0 Å². The molecule has 0 atom stereocenters. The van der Waals surface area contributed by atoms with Gasteiger partial charge in [-0.3, -0.25) is 4.79 Å². The van der Waals surface area contributed by atoms with Crippen molar-refractivity contribution in [1.29, 1.82) is 0 Å². The second-order valence-corrected chi connectivity index (χ2v) is 5.77. The van der Waals surface area contributed by atoms with E-state index in [-0.39, 0.29) is 16.6 Å². The average Bonchev–Trinajstić information content (AvgIpc) is 2.90. The highest BCUT2D eigenvalue weighted by Crippen LogP contribution is 2.22. The van der Waals surface area contributed by atoms with Gasteiger partial charge in [-0.05, 0) is 29.6 Å². The summed E-state index contributed by atoms with van der Waals surface area (Å²) in [7, 11) is 0. The van der Waals surface area contributed by atoms with Crippen LogP contribution in [0.25, 0.3) is 0 Å². The van der Waals surface area contributed by atoms with Crippen LogP contribution in [0.2, 0.25) is 0 Å². The highest BCUT2D eigenvalue weighted by atomic mass is 32.2. The number of carbonyl (C=O) groups is 1. The molecule has 6 heteroatoms. The Morgan fingerprint density at radius 3 is 2.89 bits per heavy atom. The first-order valence-electron chi connectivity index (χ1n) is 5.52. The topological polar surface area (TPSA) is 29.1 Å². The number of halogens is 2. The minimum Gasteiger partial charge on any atom is -0.350 e. The third-order valence-corrected chi connectivity index (χ3v) is 4.20. The third-order valence-electron chi connectivity index (χ3n) is 2.29. The molecule has 1 aromatic heterocycles. The Balaban J connectivity index is 1.81. The highest BCUT2D eigenvalue weighted by molar-refractivity contribution is 8.00. The van der Waals surface area contributed by atoms with Crippen molar-refractivity contribution >= 4 is 29.0 Å². The molecule has 2 aromatic rings. The van der Waals surface area contributed by atoms with Crippen LogP contribution in [-0.4, -0.2) is 11.7 Å². The minimum atomic E-state index is -0.516. The summed E-state index contributed by atoms with van der Waals surface area (Å²) in [5.74, 6) is -1.17. The first-order chi connectivity index (χ1) is 9.15. The lowest BCUT2D eigenvalue weighted by Crippen LogP contribution is -2.24. The fraction of sp³-hybridized carbons (Fsp3) is 0.154. The number of hydrogen-bond donors (Lipinski definition) is 1. The quantitative estimate of drug-likeness (QED) is 0.857. The highest BCUT2D eigenvalue weighted by Gasteiger charge is 2.08. The molecule has 0 unspecified atom stereocenters. The van der Waals surface area contributed by atoms with E-state index in [0.29, 0.717) is 6.54 Å². The van der Waals surface area contributed by atoms with Gasteiger partial charge in [0.25, 0.3) is 0 Å². The predicted molar refractivity (Wildman–Crippen MR) is 73.2 cm³/mol. The van der Waals surface area contributed by atoms with Crippen molar-refractivity contribution in [2.45, 2.75) is 11.4 Å². The van der Waals surface area contributed by atoms with E-state index in [1.165, 1.54) is 0 Å². The van der Waals surface area contributed by atoms with Gasteiger partial charge in [-0.25, -0.2) is 8.78 Å².